The highest BCUT2D eigenvalue weighted by Gasteiger charge is 2.11. The summed E-state index contributed by atoms with van der Waals surface area (Å²) in [5, 5.41) is 2.73. The zero-order valence-corrected chi connectivity index (χ0v) is 16.4. The van der Waals surface area contributed by atoms with Gasteiger partial charge in [-0.15, -0.1) is 12.4 Å². The third-order valence-corrected chi connectivity index (χ3v) is 4.11. The molecule has 0 radical (unpaired) electrons. The molecule has 0 atom stereocenters. The van der Waals surface area contributed by atoms with Gasteiger partial charge >= 0.3 is 6.09 Å². The van der Waals surface area contributed by atoms with Crippen molar-refractivity contribution in [3.8, 4) is 5.75 Å². The minimum absolute atomic E-state index is 0. The van der Waals surface area contributed by atoms with Crippen molar-refractivity contribution < 1.29 is 19.0 Å². The second-order valence-corrected chi connectivity index (χ2v) is 6.15. The summed E-state index contributed by atoms with van der Waals surface area (Å²) in [5.74, 6) is 0.822. The first-order chi connectivity index (χ1) is 12.3. The van der Waals surface area contributed by atoms with E-state index in [-0.39, 0.29) is 12.4 Å². The summed E-state index contributed by atoms with van der Waals surface area (Å²) in [6, 6.07) is 7.38. The predicted molar refractivity (Wildman–Crippen MR) is 106 cm³/mol. The Kier molecular flexibility index (Phi) is 11.9. The van der Waals surface area contributed by atoms with Gasteiger partial charge in [-0.25, -0.2) is 4.79 Å². The van der Waals surface area contributed by atoms with Crippen LogP contribution in [0, 0.1) is 0 Å². The molecule has 1 aliphatic rings. The van der Waals surface area contributed by atoms with Crippen LogP contribution < -0.4 is 10.1 Å². The average Bonchev–Trinajstić information content (AvgIpc) is 2.64. The van der Waals surface area contributed by atoms with Crippen LogP contribution in [0.25, 0.3) is 0 Å². The van der Waals surface area contributed by atoms with Crippen molar-refractivity contribution in [3.05, 3.63) is 24.3 Å². The number of rotatable bonds is 10. The summed E-state index contributed by atoms with van der Waals surface area (Å²) in [4.78, 5) is 14.0. The highest BCUT2D eigenvalue weighted by atomic mass is 35.5. The number of halogens is 1. The van der Waals surface area contributed by atoms with Gasteiger partial charge in [0, 0.05) is 25.3 Å². The summed E-state index contributed by atoms with van der Waals surface area (Å²) in [5.41, 5.74) is 0.703. The molecule has 6 nitrogen and oxygen atoms in total. The van der Waals surface area contributed by atoms with Crippen LogP contribution in [0.3, 0.4) is 0 Å². The molecular weight excluding hydrogens is 356 g/mol. The van der Waals surface area contributed by atoms with Gasteiger partial charge in [0.05, 0.1) is 19.8 Å². The van der Waals surface area contributed by atoms with E-state index in [4.69, 9.17) is 14.2 Å². The highest BCUT2D eigenvalue weighted by molar-refractivity contribution is 5.85. The fourth-order valence-corrected chi connectivity index (χ4v) is 2.60. The molecule has 1 aromatic carbocycles. The molecule has 0 aromatic heterocycles. The number of amides is 1. The van der Waals surface area contributed by atoms with Crippen molar-refractivity contribution in [1.82, 2.24) is 4.90 Å². The molecule has 0 bridgehead atoms. The van der Waals surface area contributed by atoms with Gasteiger partial charge in [-0.3, -0.25) is 10.2 Å². The first-order valence-electron chi connectivity index (χ1n) is 9.24. The number of hydrogen-bond donors (Lipinski definition) is 1. The molecule has 1 heterocycles. The Labute approximate surface area is 162 Å². The molecule has 7 heteroatoms. The van der Waals surface area contributed by atoms with Gasteiger partial charge in [-0.2, -0.15) is 0 Å². The fourth-order valence-electron chi connectivity index (χ4n) is 2.60. The van der Waals surface area contributed by atoms with E-state index in [1.54, 1.807) is 0 Å². The lowest BCUT2D eigenvalue weighted by Gasteiger charge is -2.26. The van der Waals surface area contributed by atoms with Crippen LogP contribution in [0.5, 0.6) is 5.75 Å². The molecule has 0 aliphatic carbocycles. The smallest absolute Gasteiger partial charge is 0.411 e. The summed E-state index contributed by atoms with van der Waals surface area (Å²) in [7, 11) is 0. The second kappa shape index (κ2) is 13.7. The van der Waals surface area contributed by atoms with Crippen LogP contribution in [0.1, 0.15) is 32.6 Å². The maximum Gasteiger partial charge on any atom is 0.411 e. The summed E-state index contributed by atoms with van der Waals surface area (Å²) in [6.45, 7) is 7.33. The van der Waals surface area contributed by atoms with Gasteiger partial charge in [0.1, 0.15) is 12.4 Å². The van der Waals surface area contributed by atoms with Crippen molar-refractivity contribution in [2.24, 2.45) is 0 Å². The number of carbonyl (C=O) groups excluding carboxylic acids is 1. The Morgan fingerprint density at radius 1 is 1.12 bits per heavy atom. The Hall–Kier alpha value is -1.50. The van der Waals surface area contributed by atoms with Gasteiger partial charge in [0.2, 0.25) is 0 Å². The number of carbonyl (C=O) groups is 1. The quantitative estimate of drug-likeness (QED) is 0.617. The number of anilines is 1. The van der Waals surface area contributed by atoms with E-state index in [1.807, 2.05) is 24.3 Å². The number of ether oxygens (including phenoxy) is 3. The van der Waals surface area contributed by atoms with Crippen LogP contribution in [0.4, 0.5) is 10.5 Å². The standard InChI is InChI=1S/C19H30N2O4.ClH/c1-2-3-4-5-13-24-18-8-6-17(7-9-18)20-19(22)25-16-12-21-10-14-23-15-11-21;/h6-9H,2-5,10-16H2,1H3,(H,20,22);1H. The van der Waals surface area contributed by atoms with Crippen LogP contribution in [0.15, 0.2) is 24.3 Å². The Morgan fingerprint density at radius 3 is 2.54 bits per heavy atom. The van der Waals surface area contributed by atoms with E-state index < -0.39 is 6.09 Å². The van der Waals surface area contributed by atoms with E-state index in [0.717, 1.165) is 51.6 Å². The first-order valence-corrected chi connectivity index (χ1v) is 9.24. The van der Waals surface area contributed by atoms with Crippen molar-refractivity contribution in [2.75, 3.05) is 51.4 Å². The lowest BCUT2D eigenvalue weighted by Crippen LogP contribution is -2.38. The fraction of sp³-hybridized carbons (Fsp3) is 0.632. The number of benzene rings is 1. The molecule has 26 heavy (non-hydrogen) atoms. The molecule has 0 spiro atoms. The van der Waals surface area contributed by atoms with Crippen molar-refractivity contribution >= 4 is 24.2 Å². The van der Waals surface area contributed by atoms with E-state index in [0.29, 0.717) is 12.3 Å². The molecule has 1 aromatic rings. The Morgan fingerprint density at radius 2 is 1.85 bits per heavy atom. The van der Waals surface area contributed by atoms with Crippen LogP contribution >= 0.6 is 12.4 Å². The van der Waals surface area contributed by atoms with Crippen LogP contribution in [-0.2, 0) is 9.47 Å². The largest absolute Gasteiger partial charge is 0.494 e. The molecule has 1 amide bonds. The normalized spacial score (nSPS) is 14.3. The monoisotopic (exact) mass is 386 g/mol. The maximum absolute atomic E-state index is 11.8. The Bertz CT molecular complexity index is 493. The predicted octanol–water partition coefficient (Wildman–Crippen LogP) is 3.95. The summed E-state index contributed by atoms with van der Waals surface area (Å²) >= 11 is 0. The van der Waals surface area contributed by atoms with E-state index in [9.17, 15) is 4.79 Å². The average molecular weight is 387 g/mol. The van der Waals surface area contributed by atoms with Gasteiger partial charge in [-0.05, 0) is 30.7 Å². The third kappa shape index (κ3) is 9.27. The molecule has 1 aliphatic heterocycles. The molecule has 2 rings (SSSR count). The minimum Gasteiger partial charge on any atom is -0.494 e. The number of morpholine rings is 1. The number of nitrogens with one attached hydrogen (secondary N) is 1. The van der Waals surface area contributed by atoms with Crippen LogP contribution in [-0.4, -0.2) is 57.1 Å². The topological polar surface area (TPSA) is 60.0 Å². The molecular formula is C19H31ClN2O4. The van der Waals surface area contributed by atoms with E-state index in [1.165, 1.54) is 19.3 Å². The number of hydrogen-bond acceptors (Lipinski definition) is 5. The van der Waals surface area contributed by atoms with E-state index >= 15 is 0 Å². The lowest BCUT2D eigenvalue weighted by molar-refractivity contribution is 0.0290. The maximum atomic E-state index is 11.8. The zero-order chi connectivity index (χ0) is 17.7. The van der Waals surface area contributed by atoms with Crippen molar-refractivity contribution in [3.63, 3.8) is 0 Å². The molecule has 1 fully saturated rings. The first kappa shape index (κ1) is 22.5. The van der Waals surface area contributed by atoms with Crippen LogP contribution in [0.2, 0.25) is 0 Å². The van der Waals surface area contributed by atoms with Gasteiger partial charge in [-0.1, -0.05) is 26.2 Å². The number of nitrogens with zero attached hydrogens (tertiary/aromatic N) is 1. The molecule has 0 saturated carbocycles. The molecule has 1 N–H and O–H groups in total. The van der Waals surface area contributed by atoms with Crippen molar-refractivity contribution in [1.29, 1.82) is 0 Å². The summed E-state index contributed by atoms with van der Waals surface area (Å²) in [6.07, 6.45) is 4.32. The van der Waals surface area contributed by atoms with Gasteiger partial charge < -0.3 is 14.2 Å². The van der Waals surface area contributed by atoms with Gasteiger partial charge in [0.15, 0.2) is 0 Å². The lowest BCUT2D eigenvalue weighted by atomic mass is 10.2. The molecule has 148 valence electrons. The van der Waals surface area contributed by atoms with Crippen molar-refractivity contribution in [2.45, 2.75) is 32.6 Å². The highest BCUT2D eigenvalue weighted by Crippen LogP contribution is 2.16. The minimum atomic E-state index is -0.429. The molecule has 1 saturated heterocycles. The Balaban J connectivity index is 0.00000338. The molecule has 0 unspecified atom stereocenters. The third-order valence-electron chi connectivity index (χ3n) is 4.11. The summed E-state index contributed by atoms with van der Waals surface area (Å²) < 4.78 is 16.2. The zero-order valence-electron chi connectivity index (χ0n) is 15.6. The second-order valence-electron chi connectivity index (χ2n) is 6.15. The SMILES string of the molecule is CCCCCCOc1ccc(NC(=O)OCCN2CCOCC2)cc1.Cl. The van der Waals surface area contributed by atoms with E-state index in [2.05, 4.69) is 17.1 Å². The van der Waals surface area contributed by atoms with Gasteiger partial charge in [0.25, 0.3) is 0 Å². The number of unbranched alkanes of at least 4 members (excludes halogenated alkanes) is 3.